The van der Waals surface area contributed by atoms with Crippen molar-refractivity contribution in [2.45, 2.75) is 26.4 Å². The summed E-state index contributed by atoms with van der Waals surface area (Å²) in [7, 11) is 3.98. The number of amides is 1. The lowest BCUT2D eigenvalue weighted by Gasteiger charge is -2.19. The average molecular weight is 280 g/mol. The zero-order valence-electron chi connectivity index (χ0n) is 12.9. The Kier molecular flexibility index (Phi) is 5.82. The average Bonchev–Trinajstić information content (AvgIpc) is 2.26. The summed E-state index contributed by atoms with van der Waals surface area (Å²) in [4.78, 5) is 13.7. The van der Waals surface area contributed by atoms with Crippen LogP contribution in [-0.2, 0) is 4.74 Å². The number of carbonyl (C=O) groups is 1. The molecule has 1 amide bonds. The molecule has 0 heterocycles. The van der Waals surface area contributed by atoms with E-state index < -0.39 is 11.7 Å². The number of hydrogen-bond donors (Lipinski definition) is 1. The quantitative estimate of drug-likeness (QED) is 0.901. The van der Waals surface area contributed by atoms with Crippen molar-refractivity contribution in [2.24, 2.45) is 0 Å². The minimum atomic E-state index is -0.510. The topological polar surface area (TPSA) is 50.8 Å². The van der Waals surface area contributed by atoms with E-state index in [1.807, 2.05) is 51.9 Å². The Balaban J connectivity index is 2.53. The van der Waals surface area contributed by atoms with Gasteiger partial charge in [-0.15, -0.1) is 0 Å². The van der Waals surface area contributed by atoms with Gasteiger partial charge in [0, 0.05) is 18.3 Å². The SMILES string of the molecule is CN(C)CCOc1cccc(NC(=O)OC(C)(C)C)c1. The Bertz CT molecular complexity index is 439. The van der Waals surface area contributed by atoms with Gasteiger partial charge >= 0.3 is 6.09 Å². The summed E-state index contributed by atoms with van der Waals surface area (Å²) in [5.41, 5.74) is 0.144. The lowest BCUT2D eigenvalue weighted by atomic mass is 10.2. The summed E-state index contributed by atoms with van der Waals surface area (Å²) in [5.74, 6) is 0.723. The first-order valence-corrected chi connectivity index (χ1v) is 6.64. The van der Waals surface area contributed by atoms with Crippen LogP contribution in [-0.4, -0.2) is 43.8 Å². The number of ether oxygens (including phenoxy) is 2. The standard InChI is InChI=1S/C15H24N2O3/c1-15(2,3)20-14(18)16-12-7-6-8-13(11-12)19-10-9-17(4)5/h6-8,11H,9-10H2,1-5H3,(H,16,18). The third-order valence-electron chi connectivity index (χ3n) is 2.29. The van der Waals surface area contributed by atoms with Crippen molar-refractivity contribution in [3.05, 3.63) is 24.3 Å². The van der Waals surface area contributed by atoms with Crippen LogP contribution in [0.3, 0.4) is 0 Å². The molecule has 0 atom stereocenters. The molecule has 0 aliphatic carbocycles. The summed E-state index contributed by atoms with van der Waals surface area (Å²) >= 11 is 0. The van der Waals surface area contributed by atoms with Crippen LogP contribution in [0, 0.1) is 0 Å². The predicted molar refractivity (Wildman–Crippen MR) is 80.3 cm³/mol. The smallest absolute Gasteiger partial charge is 0.412 e. The van der Waals surface area contributed by atoms with Crippen LogP contribution in [0.5, 0.6) is 5.75 Å². The zero-order chi connectivity index (χ0) is 15.2. The molecule has 0 unspecified atom stereocenters. The van der Waals surface area contributed by atoms with Crippen LogP contribution >= 0.6 is 0 Å². The molecule has 1 N–H and O–H groups in total. The first-order valence-electron chi connectivity index (χ1n) is 6.64. The van der Waals surface area contributed by atoms with E-state index in [9.17, 15) is 4.79 Å². The second-order valence-electron chi connectivity index (χ2n) is 5.81. The molecule has 0 fully saturated rings. The molecule has 0 radical (unpaired) electrons. The molecule has 0 saturated carbocycles. The van der Waals surface area contributed by atoms with Crippen molar-refractivity contribution in [3.63, 3.8) is 0 Å². The largest absolute Gasteiger partial charge is 0.492 e. The molecule has 0 aromatic heterocycles. The molecule has 0 saturated heterocycles. The highest BCUT2D eigenvalue weighted by Crippen LogP contribution is 2.18. The maximum absolute atomic E-state index is 11.7. The maximum atomic E-state index is 11.7. The fourth-order valence-electron chi connectivity index (χ4n) is 1.43. The molecule has 20 heavy (non-hydrogen) atoms. The first-order chi connectivity index (χ1) is 9.26. The van der Waals surface area contributed by atoms with E-state index >= 15 is 0 Å². The van der Waals surface area contributed by atoms with Crippen LogP contribution < -0.4 is 10.1 Å². The Morgan fingerprint density at radius 2 is 2.00 bits per heavy atom. The maximum Gasteiger partial charge on any atom is 0.412 e. The lowest BCUT2D eigenvalue weighted by molar-refractivity contribution is 0.0636. The molecular formula is C15H24N2O3. The van der Waals surface area contributed by atoms with Crippen LogP contribution in [0.4, 0.5) is 10.5 Å². The Morgan fingerprint density at radius 3 is 2.60 bits per heavy atom. The van der Waals surface area contributed by atoms with Gasteiger partial charge in [0.15, 0.2) is 0 Å². The molecule has 0 spiro atoms. The molecule has 1 rings (SSSR count). The molecular weight excluding hydrogens is 256 g/mol. The van der Waals surface area contributed by atoms with Crippen LogP contribution in [0.1, 0.15) is 20.8 Å². The molecule has 0 bridgehead atoms. The number of rotatable bonds is 5. The minimum absolute atomic E-state index is 0.469. The molecule has 0 aliphatic heterocycles. The minimum Gasteiger partial charge on any atom is -0.492 e. The first kappa shape index (κ1) is 16.3. The molecule has 112 valence electrons. The van der Waals surface area contributed by atoms with Crippen LogP contribution in [0.2, 0.25) is 0 Å². The van der Waals surface area contributed by atoms with E-state index in [0.29, 0.717) is 12.3 Å². The fraction of sp³-hybridized carbons (Fsp3) is 0.533. The van der Waals surface area contributed by atoms with Gasteiger partial charge in [0.05, 0.1) is 0 Å². The van der Waals surface area contributed by atoms with Gasteiger partial charge in [-0.25, -0.2) is 4.79 Å². The Morgan fingerprint density at radius 1 is 1.30 bits per heavy atom. The highest BCUT2D eigenvalue weighted by atomic mass is 16.6. The molecule has 0 aliphatic rings. The van der Waals surface area contributed by atoms with Gasteiger partial charge in [-0.2, -0.15) is 0 Å². The van der Waals surface area contributed by atoms with E-state index in [-0.39, 0.29) is 0 Å². The van der Waals surface area contributed by atoms with Crippen molar-refractivity contribution in [3.8, 4) is 5.75 Å². The number of likely N-dealkylation sites (N-methyl/N-ethyl adjacent to an activating group) is 1. The summed E-state index contributed by atoms with van der Waals surface area (Å²) < 4.78 is 10.8. The third-order valence-corrected chi connectivity index (χ3v) is 2.29. The molecule has 5 nitrogen and oxygen atoms in total. The molecule has 1 aromatic carbocycles. The number of carbonyl (C=O) groups excluding carboxylic acids is 1. The third kappa shape index (κ3) is 6.99. The number of nitrogens with zero attached hydrogens (tertiary/aromatic N) is 1. The highest BCUT2D eigenvalue weighted by molar-refractivity contribution is 5.85. The monoisotopic (exact) mass is 280 g/mol. The van der Waals surface area contributed by atoms with Gasteiger partial charge in [0.1, 0.15) is 18.0 Å². The Labute approximate surface area is 120 Å². The van der Waals surface area contributed by atoms with Gasteiger partial charge in [0.2, 0.25) is 0 Å². The second-order valence-corrected chi connectivity index (χ2v) is 5.81. The summed E-state index contributed by atoms with van der Waals surface area (Å²) in [5, 5.41) is 2.69. The predicted octanol–water partition coefficient (Wildman–Crippen LogP) is 2.97. The van der Waals surface area contributed by atoms with Crippen molar-refractivity contribution in [2.75, 3.05) is 32.6 Å². The molecule has 5 heteroatoms. The summed E-state index contributed by atoms with van der Waals surface area (Å²) in [6, 6.07) is 7.26. The number of benzene rings is 1. The van der Waals surface area contributed by atoms with Crippen molar-refractivity contribution < 1.29 is 14.3 Å². The van der Waals surface area contributed by atoms with Crippen LogP contribution in [0.15, 0.2) is 24.3 Å². The van der Waals surface area contributed by atoms with E-state index in [0.717, 1.165) is 12.3 Å². The van der Waals surface area contributed by atoms with E-state index in [1.54, 1.807) is 12.1 Å². The van der Waals surface area contributed by atoms with E-state index in [2.05, 4.69) is 5.32 Å². The van der Waals surface area contributed by atoms with Gasteiger partial charge in [-0.1, -0.05) is 6.07 Å². The van der Waals surface area contributed by atoms with E-state index in [1.165, 1.54) is 0 Å². The van der Waals surface area contributed by atoms with E-state index in [4.69, 9.17) is 9.47 Å². The van der Waals surface area contributed by atoms with Crippen molar-refractivity contribution in [1.29, 1.82) is 0 Å². The van der Waals surface area contributed by atoms with Crippen molar-refractivity contribution >= 4 is 11.8 Å². The van der Waals surface area contributed by atoms with Crippen LogP contribution in [0.25, 0.3) is 0 Å². The normalized spacial score (nSPS) is 11.3. The van der Waals surface area contributed by atoms with Gasteiger partial charge in [0.25, 0.3) is 0 Å². The van der Waals surface area contributed by atoms with Gasteiger partial charge < -0.3 is 14.4 Å². The van der Waals surface area contributed by atoms with Gasteiger partial charge in [-0.3, -0.25) is 5.32 Å². The van der Waals surface area contributed by atoms with Gasteiger partial charge in [-0.05, 0) is 47.0 Å². The van der Waals surface area contributed by atoms with Crippen molar-refractivity contribution in [1.82, 2.24) is 4.90 Å². The number of nitrogens with one attached hydrogen (secondary N) is 1. The summed E-state index contributed by atoms with van der Waals surface area (Å²) in [6.07, 6.45) is -0.469. The number of hydrogen-bond acceptors (Lipinski definition) is 4. The lowest BCUT2D eigenvalue weighted by Crippen LogP contribution is -2.27. The number of anilines is 1. The fourth-order valence-corrected chi connectivity index (χ4v) is 1.43. The highest BCUT2D eigenvalue weighted by Gasteiger charge is 2.16. The summed E-state index contributed by atoms with van der Waals surface area (Å²) in [6.45, 7) is 6.92. The molecule has 1 aromatic rings. The second kappa shape index (κ2) is 7.14. The zero-order valence-corrected chi connectivity index (χ0v) is 12.9. The Hall–Kier alpha value is -1.75.